The first-order valence-corrected chi connectivity index (χ1v) is 13.6. The summed E-state index contributed by atoms with van der Waals surface area (Å²) in [6, 6.07) is 52.7. The van der Waals surface area contributed by atoms with E-state index in [0.29, 0.717) is 0 Å². The van der Waals surface area contributed by atoms with Gasteiger partial charge in [0.15, 0.2) is 0 Å². The quantitative estimate of drug-likeness (QED) is 0.164. The smallest absolute Gasteiger partial charge is 0.00141 e. The van der Waals surface area contributed by atoms with E-state index in [9.17, 15) is 0 Å². The van der Waals surface area contributed by atoms with Crippen LogP contribution in [0.15, 0.2) is 152 Å². The van der Waals surface area contributed by atoms with Gasteiger partial charge in [-0.05, 0) is 72.1 Å². The van der Waals surface area contributed by atoms with Crippen molar-refractivity contribution in [2.75, 3.05) is 0 Å². The highest BCUT2D eigenvalue weighted by Crippen LogP contribution is 2.46. The van der Waals surface area contributed by atoms with Gasteiger partial charge in [-0.1, -0.05) is 158 Å². The third-order valence-corrected chi connectivity index (χ3v) is 7.68. The second kappa shape index (κ2) is 10.1. The molecule has 39 heavy (non-hydrogen) atoms. The van der Waals surface area contributed by atoms with Gasteiger partial charge < -0.3 is 0 Å². The molecule has 7 aromatic rings. The minimum Gasteiger partial charge on any atom is -0.0795 e. The van der Waals surface area contributed by atoms with Crippen molar-refractivity contribution in [3.63, 3.8) is 0 Å². The van der Waals surface area contributed by atoms with Gasteiger partial charge in [0.25, 0.3) is 0 Å². The maximum Gasteiger partial charge on any atom is -0.00141 e. The molecule has 184 valence electrons. The van der Waals surface area contributed by atoms with Crippen LogP contribution < -0.4 is 0 Å². The largest absolute Gasteiger partial charge is 0.0795 e. The number of allylic oxidation sites excluding steroid dienone is 1. The molecular formula is C39H28. The third-order valence-electron chi connectivity index (χ3n) is 7.68. The molecule has 0 nitrogen and oxygen atoms in total. The molecule has 0 unspecified atom stereocenters. The van der Waals surface area contributed by atoms with Gasteiger partial charge in [-0.25, -0.2) is 0 Å². The van der Waals surface area contributed by atoms with Crippen molar-refractivity contribution in [1.29, 1.82) is 0 Å². The van der Waals surface area contributed by atoms with Crippen LogP contribution in [0.4, 0.5) is 0 Å². The van der Waals surface area contributed by atoms with Crippen LogP contribution in [-0.4, -0.2) is 0 Å². The number of hydrogen-bond donors (Lipinski definition) is 0. The van der Waals surface area contributed by atoms with E-state index < -0.39 is 0 Å². The van der Waals surface area contributed by atoms with Gasteiger partial charge in [0.05, 0.1) is 0 Å². The van der Waals surface area contributed by atoms with Crippen LogP contribution in [0, 0.1) is 0 Å². The molecule has 0 aromatic heterocycles. The van der Waals surface area contributed by atoms with E-state index in [1.54, 1.807) is 0 Å². The fourth-order valence-electron chi connectivity index (χ4n) is 5.87. The number of benzene rings is 7. The Morgan fingerprint density at radius 2 is 1.00 bits per heavy atom. The van der Waals surface area contributed by atoms with Crippen LogP contribution in [0.2, 0.25) is 0 Å². The van der Waals surface area contributed by atoms with Gasteiger partial charge in [-0.3, -0.25) is 0 Å². The molecule has 7 rings (SSSR count). The highest BCUT2D eigenvalue weighted by atomic mass is 14.2. The van der Waals surface area contributed by atoms with Crippen molar-refractivity contribution in [3.8, 4) is 22.3 Å². The van der Waals surface area contributed by atoms with Crippen molar-refractivity contribution in [1.82, 2.24) is 0 Å². The molecule has 0 atom stereocenters. The summed E-state index contributed by atoms with van der Waals surface area (Å²) in [6.07, 6.45) is 5.40. The Hall–Kier alpha value is -4.94. The van der Waals surface area contributed by atoms with Crippen LogP contribution >= 0.6 is 0 Å². The molecule has 7 aromatic carbocycles. The summed E-state index contributed by atoms with van der Waals surface area (Å²) >= 11 is 0. The number of fused-ring (bicyclic) bond motifs is 4. The first kappa shape index (κ1) is 23.2. The van der Waals surface area contributed by atoms with E-state index in [-0.39, 0.29) is 0 Å². The van der Waals surface area contributed by atoms with Crippen molar-refractivity contribution in [2.24, 2.45) is 0 Å². The summed E-state index contributed by atoms with van der Waals surface area (Å²) in [5.41, 5.74) is 7.64. The standard InChI is InChI=1S/C39H28/c1-3-12-28(13-4-1)14-11-15-29-22-24-32(25-23-29)37-34-20-9-10-21-35(34)38(31-17-5-2-6-18-31)39-33-19-8-7-16-30(33)26-27-36(37)39/h1-13,15-27H,14H2/b15-11+. The van der Waals surface area contributed by atoms with Crippen LogP contribution in [0.3, 0.4) is 0 Å². The van der Waals surface area contributed by atoms with Crippen molar-refractivity contribution in [2.45, 2.75) is 6.42 Å². The Kier molecular flexibility index (Phi) is 6.00. The van der Waals surface area contributed by atoms with Crippen molar-refractivity contribution >= 4 is 38.4 Å². The van der Waals surface area contributed by atoms with Crippen LogP contribution in [-0.2, 0) is 6.42 Å². The maximum absolute atomic E-state index is 2.32. The lowest BCUT2D eigenvalue weighted by molar-refractivity contribution is 1.28. The zero-order valence-electron chi connectivity index (χ0n) is 21.7. The highest BCUT2D eigenvalue weighted by Gasteiger charge is 2.18. The molecule has 0 aliphatic rings. The van der Waals surface area contributed by atoms with Gasteiger partial charge in [-0.2, -0.15) is 0 Å². The molecule has 0 aliphatic heterocycles. The molecule has 0 heteroatoms. The topological polar surface area (TPSA) is 0 Å². The third kappa shape index (κ3) is 4.31. The monoisotopic (exact) mass is 496 g/mol. The Balaban J connectivity index is 1.43. The number of hydrogen-bond acceptors (Lipinski definition) is 0. The summed E-state index contributed by atoms with van der Waals surface area (Å²) in [5, 5.41) is 7.74. The Bertz CT molecular complexity index is 1940. The van der Waals surface area contributed by atoms with Crippen LogP contribution in [0.5, 0.6) is 0 Å². The van der Waals surface area contributed by atoms with E-state index >= 15 is 0 Å². The summed E-state index contributed by atoms with van der Waals surface area (Å²) in [4.78, 5) is 0. The normalized spacial score (nSPS) is 11.6. The Morgan fingerprint density at radius 1 is 0.410 bits per heavy atom. The first-order chi connectivity index (χ1) is 19.4. The molecule has 0 saturated carbocycles. The molecule has 0 fully saturated rings. The van der Waals surface area contributed by atoms with E-state index in [0.717, 1.165) is 6.42 Å². The molecule has 0 heterocycles. The predicted octanol–water partition coefficient (Wildman–Crippen LogP) is 10.7. The molecule has 0 radical (unpaired) electrons. The molecule has 0 amide bonds. The zero-order chi connectivity index (χ0) is 26.0. The van der Waals surface area contributed by atoms with E-state index in [4.69, 9.17) is 0 Å². The molecular weight excluding hydrogens is 468 g/mol. The second-order valence-electron chi connectivity index (χ2n) is 10.1. The van der Waals surface area contributed by atoms with E-state index in [1.807, 2.05) is 0 Å². The summed E-state index contributed by atoms with van der Waals surface area (Å²) in [6.45, 7) is 0. The highest BCUT2D eigenvalue weighted by molar-refractivity contribution is 6.27. The van der Waals surface area contributed by atoms with Crippen molar-refractivity contribution in [3.05, 3.63) is 163 Å². The van der Waals surface area contributed by atoms with Crippen molar-refractivity contribution < 1.29 is 0 Å². The fourth-order valence-corrected chi connectivity index (χ4v) is 5.87. The molecule has 0 spiro atoms. The lowest BCUT2D eigenvalue weighted by Gasteiger charge is -2.19. The average molecular weight is 497 g/mol. The summed E-state index contributed by atoms with van der Waals surface area (Å²) < 4.78 is 0. The van der Waals surface area contributed by atoms with E-state index in [1.165, 1.54) is 65.7 Å². The molecule has 0 saturated heterocycles. The number of rotatable bonds is 5. The van der Waals surface area contributed by atoms with Crippen LogP contribution in [0.25, 0.3) is 60.6 Å². The van der Waals surface area contributed by atoms with E-state index in [2.05, 4.69) is 158 Å². The summed E-state index contributed by atoms with van der Waals surface area (Å²) in [5.74, 6) is 0. The summed E-state index contributed by atoms with van der Waals surface area (Å²) in [7, 11) is 0. The Labute approximate surface area is 229 Å². The average Bonchev–Trinajstić information content (AvgIpc) is 3.01. The van der Waals surface area contributed by atoms with Gasteiger partial charge >= 0.3 is 0 Å². The molecule has 0 N–H and O–H groups in total. The lowest BCUT2D eigenvalue weighted by atomic mass is 9.84. The fraction of sp³-hybridized carbons (Fsp3) is 0.0256. The van der Waals surface area contributed by atoms with Gasteiger partial charge in [-0.15, -0.1) is 0 Å². The Morgan fingerprint density at radius 3 is 1.74 bits per heavy atom. The van der Waals surface area contributed by atoms with Crippen LogP contribution in [0.1, 0.15) is 11.1 Å². The first-order valence-electron chi connectivity index (χ1n) is 13.6. The maximum atomic E-state index is 2.32. The zero-order valence-corrected chi connectivity index (χ0v) is 21.7. The van der Waals surface area contributed by atoms with Gasteiger partial charge in [0.1, 0.15) is 0 Å². The molecule has 0 bridgehead atoms. The minimum absolute atomic E-state index is 0.936. The van der Waals surface area contributed by atoms with Gasteiger partial charge in [0, 0.05) is 0 Å². The lowest BCUT2D eigenvalue weighted by Crippen LogP contribution is -1.92. The second-order valence-corrected chi connectivity index (χ2v) is 10.1. The minimum atomic E-state index is 0.936. The predicted molar refractivity (Wildman–Crippen MR) is 169 cm³/mol. The SMILES string of the molecule is C(=C\c1ccc(-c2c3ccccc3c(-c3ccccc3)c3c2ccc2ccccc23)cc1)/Cc1ccccc1. The molecule has 0 aliphatic carbocycles. The van der Waals surface area contributed by atoms with Gasteiger partial charge in [0.2, 0.25) is 0 Å².